The van der Waals surface area contributed by atoms with Crippen molar-refractivity contribution < 1.29 is 9.53 Å². The predicted octanol–water partition coefficient (Wildman–Crippen LogP) is 7.90. The molecule has 32 heavy (non-hydrogen) atoms. The molecule has 1 amide bonds. The normalized spacial score (nSPS) is 11.2. The Morgan fingerprint density at radius 3 is 2.41 bits per heavy atom. The molecule has 1 N–H and O–H groups in total. The lowest BCUT2D eigenvalue weighted by Gasteiger charge is -2.12. The summed E-state index contributed by atoms with van der Waals surface area (Å²) in [6, 6.07) is 10.9. The summed E-state index contributed by atoms with van der Waals surface area (Å²) < 4.78 is 5.78. The average molecular weight is 473 g/mol. The van der Waals surface area contributed by atoms with E-state index < -0.39 is 5.91 Å². The zero-order chi connectivity index (χ0) is 23.5. The van der Waals surface area contributed by atoms with E-state index in [4.69, 9.17) is 27.9 Å². The van der Waals surface area contributed by atoms with Crippen molar-refractivity contribution in [3.05, 3.63) is 62.6 Å². The number of benzene rings is 2. The molecule has 2 rings (SSSR count). The highest BCUT2D eigenvalue weighted by Gasteiger charge is 2.14. The number of nitrogens with one attached hydrogen (secondary N) is 1. The molecule has 0 fully saturated rings. The quantitative estimate of drug-likeness (QED) is 0.205. The third-order valence-corrected chi connectivity index (χ3v) is 5.86. The van der Waals surface area contributed by atoms with Gasteiger partial charge in [-0.2, -0.15) is 5.26 Å². The highest BCUT2D eigenvalue weighted by molar-refractivity contribution is 6.37. The molecule has 0 unspecified atom stereocenters. The van der Waals surface area contributed by atoms with Gasteiger partial charge in [-0.1, -0.05) is 74.4 Å². The molecular weight excluding hydrogens is 443 g/mol. The number of anilines is 1. The Bertz CT molecular complexity index is 986. The summed E-state index contributed by atoms with van der Waals surface area (Å²) in [5.74, 6) is -0.0609. The summed E-state index contributed by atoms with van der Waals surface area (Å²) in [7, 11) is 0. The van der Waals surface area contributed by atoms with Gasteiger partial charge in [0.25, 0.3) is 5.91 Å². The number of unbranched alkanes of at least 4 members (excludes halogenated alkanes) is 5. The minimum absolute atomic E-state index is 0.0428. The van der Waals surface area contributed by atoms with Crippen molar-refractivity contribution in [2.75, 3.05) is 11.9 Å². The second-order valence-corrected chi connectivity index (χ2v) is 8.62. The zero-order valence-corrected chi connectivity index (χ0v) is 20.4. The zero-order valence-electron chi connectivity index (χ0n) is 18.9. The minimum Gasteiger partial charge on any atom is -0.490 e. The first-order chi connectivity index (χ1) is 15.4. The summed E-state index contributed by atoms with van der Waals surface area (Å²) >= 11 is 12.7. The predicted molar refractivity (Wildman–Crippen MR) is 133 cm³/mol. The molecule has 0 aliphatic carbocycles. The first-order valence-electron chi connectivity index (χ1n) is 11.0. The number of nitriles is 1. The number of amides is 1. The van der Waals surface area contributed by atoms with Crippen LogP contribution in [0.25, 0.3) is 6.08 Å². The van der Waals surface area contributed by atoms with Crippen molar-refractivity contribution in [1.29, 1.82) is 5.26 Å². The Kier molecular flexibility index (Phi) is 10.6. The van der Waals surface area contributed by atoms with E-state index in [0.29, 0.717) is 33.7 Å². The molecule has 0 spiro atoms. The molecule has 0 aliphatic heterocycles. The van der Waals surface area contributed by atoms with E-state index in [9.17, 15) is 10.1 Å². The Morgan fingerprint density at radius 1 is 1.09 bits per heavy atom. The van der Waals surface area contributed by atoms with Crippen LogP contribution in [-0.2, 0) is 4.79 Å². The van der Waals surface area contributed by atoms with Crippen LogP contribution in [0.5, 0.6) is 5.75 Å². The van der Waals surface area contributed by atoms with Gasteiger partial charge in [0.1, 0.15) is 11.6 Å². The van der Waals surface area contributed by atoms with Gasteiger partial charge in [-0.25, -0.2) is 0 Å². The summed E-state index contributed by atoms with van der Waals surface area (Å²) in [6.45, 7) is 6.63. The molecule has 0 saturated heterocycles. The summed E-state index contributed by atoms with van der Waals surface area (Å²) in [5.41, 5.74) is 3.19. The Balaban J connectivity index is 2.06. The smallest absolute Gasteiger partial charge is 0.266 e. The van der Waals surface area contributed by atoms with E-state index in [1.54, 1.807) is 18.2 Å². The van der Waals surface area contributed by atoms with Crippen molar-refractivity contribution in [3.8, 4) is 11.8 Å². The van der Waals surface area contributed by atoms with Crippen LogP contribution in [0.3, 0.4) is 0 Å². The Morgan fingerprint density at radius 2 is 1.75 bits per heavy atom. The highest BCUT2D eigenvalue weighted by Crippen LogP contribution is 2.35. The summed E-state index contributed by atoms with van der Waals surface area (Å²) in [5, 5.41) is 13.0. The monoisotopic (exact) mass is 472 g/mol. The molecule has 0 bridgehead atoms. The van der Waals surface area contributed by atoms with Gasteiger partial charge in [0.2, 0.25) is 0 Å². The van der Waals surface area contributed by atoms with E-state index in [2.05, 4.69) is 12.2 Å². The fourth-order valence-corrected chi connectivity index (χ4v) is 3.86. The van der Waals surface area contributed by atoms with Gasteiger partial charge >= 0.3 is 0 Å². The van der Waals surface area contributed by atoms with Crippen molar-refractivity contribution >= 4 is 40.9 Å². The van der Waals surface area contributed by atoms with Crippen molar-refractivity contribution in [1.82, 2.24) is 0 Å². The molecule has 4 nitrogen and oxygen atoms in total. The molecule has 170 valence electrons. The lowest BCUT2D eigenvalue weighted by atomic mass is 10.1. The van der Waals surface area contributed by atoms with Gasteiger partial charge < -0.3 is 10.1 Å². The number of nitrogens with zero attached hydrogens (tertiary/aromatic N) is 1. The summed E-state index contributed by atoms with van der Waals surface area (Å²) in [4.78, 5) is 12.6. The van der Waals surface area contributed by atoms with Crippen molar-refractivity contribution in [2.45, 2.75) is 59.3 Å². The molecule has 0 heterocycles. The number of rotatable bonds is 11. The van der Waals surface area contributed by atoms with Crippen LogP contribution in [0.1, 0.15) is 62.1 Å². The number of carbonyl (C=O) groups excluding carboxylic acids is 1. The van der Waals surface area contributed by atoms with Crippen LogP contribution in [0, 0.1) is 25.2 Å². The maximum atomic E-state index is 12.6. The SMILES string of the molecule is CCCCCCCCOc1c(Cl)cc(/C=C(/C#N)C(=O)Nc2cccc(C)c2C)cc1Cl. The van der Waals surface area contributed by atoms with E-state index in [1.165, 1.54) is 31.8 Å². The Labute approximate surface area is 201 Å². The standard InChI is InChI=1S/C26H30Cl2N2O2/c1-4-5-6-7-8-9-13-32-25-22(27)15-20(16-23(25)28)14-21(17-29)26(31)30-24-12-10-11-18(2)19(24)3/h10-12,14-16H,4-9,13H2,1-3H3,(H,30,31)/b21-14-. The fourth-order valence-electron chi connectivity index (χ4n) is 3.25. The van der Waals surface area contributed by atoms with Gasteiger partial charge in [-0.3, -0.25) is 4.79 Å². The topological polar surface area (TPSA) is 62.1 Å². The van der Waals surface area contributed by atoms with Crippen LogP contribution in [0.4, 0.5) is 5.69 Å². The lowest BCUT2D eigenvalue weighted by molar-refractivity contribution is -0.112. The molecule has 0 atom stereocenters. The molecule has 2 aromatic carbocycles. The van der Waals surface area contributed by atoms with Crippen LogP contribution >= 0.6 is 23.2 Å². The van der Waals surface area contributed by atoms with Gasteiger partial charge in [0.15, 0.2) is 5.75 Å². The minimum atomic E-state index is -0.489. The largest absolute Gasteiger partial charge is 0.490 e. The number of carbonyl (C=O) groups is 1. The second kappa shape index (κ2) is 13.2. The van der Waals surface area contributed by atoms with Gasteiger partial charge in [0, 0.05) is 5.69 Å². The van der Waals surface area contributed by atoms with Crippen molar-refractivity contribution in [2.24, 2.45) is 0 Å². The highest BCUT2D eigenvalue weighted by atomic mass is 35.5. The van der Waals surface area contributed by atoms with Crippen LogP contribution in [0.2, 0.25) is 10.0 Å². The van der Waals surface area contributed by atoms with Gasteiger partial charge in [0.05, 0.1) is 16.7 Å². The van der Waals surface area contributed by atoms with Crippen LogP contribution < -0.4 is 10.1 Å². The first-order valence-corrected chi connectivity index (χ1v) is 11.7. The maximum absolute atomic E-state index is 12.6. The van der Waals surface area contributed by atoms with Crippen LogP contribution in [0.15, 0.2) is 35.9 Å². The number of hydrogen-bond donors (Lipinski definition) is 1. The third-order valence-electron chi connectivity index (χ3n) is 5.29. The van der Waals surface area contributed by atoms with Gasteiger partial charge in [-0.05, 0) is 61.2 Å². The molecule has 0 radical (unpaired) electrons. The lowest BCUT2D eigenvalue weighted by Crippen LogP contribution is -2.14. The van der Waals surface area contributed by atoms with E-state index in [1.807, 2.05) is 32.0 Å². The van der Waals surface area contributed by atoms with Gasteiger partial charge in [-0.15, -0.1) is 0 Å². The molecule has 2 aromatic rings. The molecule has 0 saturated carbocycles. The number of hydrogen-bond acceptors (Lipinski definition) is 3. The first kappa shape index (κ1) is 25.8. The van der Waals surface area contributed by atoms with Crippen molar-refractivity contribution in [3.63, 3.8) is 0 Å². The van der Waals surface area contributed by atoms with E-state index in [0.717, 1.165) is 24.0 Å². The fraction of sp³-hybridized carbons (Fsp3) is 0.385. The average Bonchev–Trinajstić information content (AvgIpc) is 2.76. The molecule has 6 heteroatoms. The van der Waals surface area contributed by atoms with E-state index in [-0.39, 0.29) is 5.57 Å². The second-order valence-electron chi connectivity index (χ2n) is 7.80. The Hall–Kier alpha value is -2.48. The number of aryl methyl sites for hydroxylation is 1. The maximum Gasteiger partial charge on any atom is 0.266 e. The number of ether oxygens (including phenoxy) is 1. The third kappa shape index (κ3) is 7.58. The molecule has 0 aliphatic rings. The van der Waals surface area contributed by atoms with E-state index >= 15 is 0 Å². The van der Waals surface area contributed by atoms with Crippen LogP contribution in [-0.4, -0.2) is 12.5 Å². The molecular formula is C26H30Cl2N2O2. The summed E-state index contributed by atoms with van der Waals surface area (Å²) in [6.07, 6.45) is 8.45. The number of halogens is 2. The molecule has 0 aromatic heterocycles.